The van der Waals surface area contributed by atoms with Crippen LogP contribution in [0.3, 0.4) is 0 Å². The van der Waals surface area contributed by atoms with E-state index in [1.165, 1.54) is 11.1 Å². The first-order chi connectivity index (χ1) is 9.76. The van der Waals surface area contributed by atoms with Crippen molar-refractivity contribution in [1.29, 1.82) is 0 Å². The van der Waals surface area contributed by atoms with E-state index in [1.807, 2.05) is 19.1 Å². The lowest BCUT2D eigenvalue weighted by molar-refractivity contribution is -0.123. The van der Waals surface area contributed by atoms with Crippen LogP contribution in [0.25, 0.3) is 0 Å². The van der Waals surface area contributed by atoms with Gasteiger partial charge < -0.3 is 15.4 Å². The second-order valence-corrected chi connectivity index (χ2v) is 5.11. The van der Waals surface area contributed by atoms with Crippen molar-refractivity contribution in [2.45, 2.75) is 39.2 Å². The van der Waals surface area contributed by atoms with Gasteiger partial charge in [0.1, 0.15) is 5.75 Å². The van der Waals surface area contributed by atoms with E-state index in [-0.39, 0.29) is 12.5 Å². The maximum Gasteiger partial charge on any atom is 0.257 e. The minimum atomic E-state index is -0.0503. The zero-order valence-corrected chi connectivity index (χ0v) is 12.4. The third-order valence-electron chi connectivity index (χ3n) is 3.61. The molecule has 0 heterocycles. The molecule has 0 saturated heterocycles. The average molecular weight is 276 g/mol. The molecule has 0 aliphatic heterocycles. The van der Waals surface area contributed by atoms with E-state index < -0.39 is 0 Å². The van der Waals surface area contributed by atoms with Gasteiger partial charge in [0, 0.05) is 12.6 Å². The van der Waals surface area contributed by atoms with E-state index in [2.05, 4.69) is 23.6 Å². The second kappa shape index (κ2) is 7.29. The third-order valence-corrected chi connectivity index (χ3v) is 3.61. The summed E-state index contributed by atoms with van der Waals surface area (Å²) in [5, 5.41) is 6.31. The van der Waals surface area contributed by atoms with Gasteiger partial charge in [0.05, 0.1) is 0 Å². The second-order valence-electron chi connectivity index (χ2n) is 5.11. The lowest BCUT2D eigenvalue weighted by atomic mass is 10.1. The first-order valence-corrected chi connectivity index (χ1v) is 7.50. The minimum absolute atomic E-state index is 0.0503. The summed E-state index contributed by atoms with van der Waals surface area (Å²) in [4.78, 5) is 11.6. The normalized spacial score (nSPS) is 16.8. The lowest BCUT2D eigenvalue weighted by Crippen LogP contribution is -2.29. The summed E-state index contributed by atoms with van der Waals surface area (Å²) >= 11 is 0. The zero-order chi connectivity index (χ0) is 14.4. The highest BCUT2D eigenvalue weighted by atomic mass is 16.5. The summed E-state index contributed by atoms with van der Waals surface area (Å²) in [6.45, 7) is 5.93. The third kappa shape index (κ3) is 3.51. The number of carbonyl (C=O) groups excluding carboxylic acids is 1. The Labute approximate surface area is 120 Å². The number of hydrogen-bond donors (Lipinski definition) is 2. The zero-order valence-electron chi connectivity index (χ0n) is 12.4. The van der Waals surface area contributed by atoms with Gasteiger partial charge >= 0.3 is 0 Å². The van der Waals surface area contributed by atoms with Gasteiger partial charge in [-0.25, -0.2) is 0 Å². The molecular weight excluding hydrogens is 252 g/mol. The van der Waals surface area contributed by atoms with Crippen LogP contribution in [0.15, 0.2) is 18.2 Å². The standard InChI is InChI=1S/C16H24N2O2/c1-3-10-18-16(19)11-20-15-7-5-6-12-13(15)8-9-14(12)17-4-2/h5-7,14,17H,3-4,8-11H2,1-2H3,(H,18,19). The van der Waals surface area contributed by atoms with Crippen LogP contribution in [0, 0.1) is 0 Å². The van der Waals surface area contributed by atoms with Gasteiger partial charge in [-0.2, -0.15) is 0 Å². The van der Waals surface area contributed by atoms with E-state index in [9.17, 15) is 4.79 Å². The van der Waals surface area contributed by atoms with Gasteiger partial charge in [0.25, 0.3) is 5.91 Å². The van der Waals surface area contributed by atoms with Crippen molar-refractivity contribution in [3.8, 4) is 5.75 Å². The summed E-state index contributed by atoms with van der Waals surface area (Å²) in [6.07, 6.45) is 3.06. The summed E-state index contributed by atoms with van der Waals surface area (Å²) < 4.78 is 5.69. The number of benzene rings is 1. The first-order valence-electron chi connectivity index (χ1n) is 7.50. The molecule has 1 aromatic carbocycles. The highest BCUT2D eigenvalue weighted by molar-refractivity contribution is 5.77. The molecule has 4 heteroatoms. The fourth-order valence-corrected chi connectivity index (χ4v) is 2.67. The van der Waals surface area contributed by atoms with E-state index >= 15 is 0 Å². The molecule has 4 nitrogen and oxygen atoms in total. The van der Waals surface area contributed by atoms with Gasteiger partial charge in [0.2, 0.25) is 0 Å². The average Bonchev–Trinajstić information content (AvgIpc) is 2.87. The number of nitrogens with one attached hydrogen (secondary N) is 2. The lowest BCUT2D eigenvalue weighted by Gasteiger charge is -2.14. The summed E-state index contributed by atoms with van der Waals surface area (Å²) in [5.74, 6) is 0.806. The molecule has 1 atom stereocenters. The molecule has 20 heavy (non-hydrogen) atoms. The van der Waals surface area contributed by atoms with Crippen LogP contribution in [0.1, 0.15) is 43.9 Å². The van der Waals surface area contributed by atoms with Crippen LogP contribution in [-0.4, -0.2) is 25.6 Å². The predicted octanol–water partition coefficient (Wildman–Crippen LogP) is 2.19. The predicted molar refractivity (Wildman–Crippen MR) is 80.0 cm³/mol. The van der Waals surface area contributed by atoms with Crippen LogP contribution >= 0.6 is 0 Å². The largest absolute Gasteiger partial charge is 0.483 e. The van der Waals surface area contributed by atoms with Crippen molar-refractivity contribution in [3.05, 3.63) is 29.3 Å². The monoisotopic (exact) mass is 276 g/mol. The quantitative estimate of drug-likeness (QED) is 0.802. The maximum absolute atomic E-state index is 11.6. The van der Waals surface area contributed by atoms with Gasteiger partial charge in [-0.1, -0.05) is 26.0 Å². The molecule has 0 bridgehead atoms. The summed E-state index contributed by atoms with van der Waals surface area (Å²) in [7, 11) is 0. The van der Waals surface area contributed by atoms with Gasteiger partial charge in [-0.3, -0.25) is 4.79 Å². The van der Waals surface area contributed by atoms with E-state index in [0.29, 0.717) is 12.6 Å². The Morgan fingerprint density at radius 1 is 1.40 bits per heavy atom. The molecule has 0 radical (unpaired) electrons. The molecule has 110 valence electrons. The Morgan fingerprint density at radius 2 is 2.25 bits per heavy atom. The smallest absolute Gasteiger partial charge is 0.257 e. The molecule has 0 fully saturated rings. The fourth-order valence-electron chi connectivity index (χ4n) is 2.67. The van der Waals surface area contributed by atoms with Crippen LogP contribution < -0.4 is 15.4 Å². The summed E-state index contributed by atoms with van der Waals surface area (Å²) in [5.41, 5.74) is 2.57. The molecule has 2 N–H and O–H groups in total. The van der Waals surface area contributed by atoms with E-state index in [1.54, 1.807) is 0 Å². The summed E-state index contributed by atoms with van der Waals surface area (Å²) in [6, 6.07) is 6.54. The van der Waals surface area contributed by atoms with Crippen LogP contribution in [0.2, 0.25) is 0 Å². The number of hydrogen-bond acceptors (Lipinski definition) is 3. The van der Waals surface area contributed by atoms with Crippen molar-refractivity contribution < 1.29 is 9.53 Å². The molecule has 1 aromatic rings. The van der Waals surface area contributed by atoms with Crippen molar-refractivity contribution in [2.24, 2.45) is 0 Å². The van der Waals surface area contributed by atoms with E-state index in [0.717, 1.165) is 31.6 Å². The number of amides is 1. The number of fused-ring (bicyclic) bond motifs is 1. The highest BCUT2D eigenvalue weighted by Crippen LogP contribution is 2.36. The van der Waals surface area contributed by atoms with Crippen molar-refractivity contribution in [1.82, 2.24) is 10.6 Å². The Kier molecular flexibility index (Phi) is 5.41. The van der Waals surface area contributed by atoms with Crippen molar-refractivity contribution >= 4 is 5.91 Å². The Bertz CT molecular complexity index is 460. The molecule has 1 aliphatic carbocycles. The Balaban J connectivity index is 1.98. The highest BCUT2D eigenvalue weighted by Gasteiger charge is 2.24. The number of ether oxygens (including phenoxy) is 1. The maximum atomic E-state index is 11.6. The molecule has 0 spiro atoms. The molecule has 1 aliphatic rings. The van der Waals surface area contributed by atoms with Gasteiger partial charge in [-0.15, -0.1) is 0 Å². The SMILES string of the molecule is CCCNC(=O)COc1cccc2c1CCC2NCC. The number of rotatable bonds is 7. The Morgan fingerprint density at radius 3 is 3.00 bits per heavy atom. The molecule has 1 amide bonds. The van der Waals surface area contributed by atoms with E-state index in [4.69, 9.17) is 4.74 Å². The van der Waals surface area contributed by atoms with Crippen LogP contribution in [-0.2, 0) is 11.2 Å². The molecule has 2 rings (SSSR count). The first kappa shape index (κ1) is 14.9. The molecule has 0 aromatic heterocycles. The van der Waals surface area contributed by atoms with Gasteiger partial charge in [-0.05, 0) is 43.0 Å². The Hall–Kier alpha value is -1.55. The molecule has 0 saturated carbocycles. The topological polar surface area (TPSA) is 50.4 Å². The fraction of sp³-hybridized carbons (Fsp3) is 0.562. The minimum Gasteiger partial charge on any atom is -0.483 e. The van der Waals surface area contributed by atoms with Crippen LogP contribution in [0.4, 0.5) is 0 Å². The van der Waals surface area contributed by atoms with Crippen molar-refractivity contribution in [2.75, 3.05) is 19.7 Å². The molecule has 1 unspecified atom stereocenters. The van der Waals surface area contributed by atoms with Crippen LogP contribution in [0.5, 0.6) is 5.75 Å². The van der Waals surface area contributed by atoms with Crippen molar-refractivity contribution in [3.63, 3.8) is 0 Å². The molecular formula is C16H24N2O2. The number of carbonyl (C=O) groups is 1. The van der Waals surface area contributed by atoms with Gasteiger partial charge in [0.15, 0.2) is 6.61 Å².